The van der Waals surface area contributed by atoms with E-state index in [9.17, 15) is 4.79 Å². The molecular formula is C22H28N2O3. The summed E-state index contributed by atoms with van der Waals surface area (Å²) in [4.78, 5) is 14.8. The van der Waals surface area contributed by atoms with Gasteiger partial charge in [-0.2, -0.15) is 0 Å². The van der Waals surface area contributed by atoms with Crippen LogP contribution in [0.4, 0.5) is 11.4 Å². The number of carbonyl (C=O) groups excluding carboxylic acids is 1. The number of para-hydroxylation sites is 4. The molecule has 0 saturated carbocycles. The number of hydrogen-bond donors (Lipinski definition) is 1. The van der Waals surface area contributed by atoms with E-state index in [0.29, 0.717) is 18.1 Å². The van der Waals surface area contributed by atoms with Crippen LogP contribution in [0.3, 0.4) is 0 Å². The van der Waals surface area contributed by atoms with Gasteiger partial charge in [0.25, 0.3) is 5.91 Å². The second-order valence-electron chi connectivity index (χ2n) is 6.64. The molecule has 27 heavy (non-hydrogen) atoms. The summed E-state index contributed by atoms with van der Waals surface area (Å²) in [6.45, 7) is 4.48. The zero-order chi connectivity index (χ0) is 18.9. The predicted molar refractivity (Wildman–Crippen MR) is 109 cm³/mol. The van der Waals surface area contributed by atoms with Crippen LogP contribution in [0.25, 0.3) is 0 Å². The molecule has 2 aromatic carbocycles. The first kappa shape index (κ1) is 19.1. The average molecular weight is 368 g/mol. The maximum absolute atomic E-state index is 12.5. The Balaban J connectivity index is 1.63. The fourth-order valence-corrected chi connectivity index (χ4v) is 3.34. The molecule has 0 radical (unpaired) electrons. The topological polar surface area (TPSA) is 50.8 Å². The van der Waals surface area contributed by atoms with Crippen molar-refractivity contribution in [1.29, 1.82) is 0 Å². The molecule has 1 saturated heterocycles. The molecule has 1 heterocycles. The fraction of sp³-hybridized carbons (Fsp3) is 0.409. The van der Waals surface area contributed by atoms with Crippen molar-refractivity contribution < 1.29 is 14.3 Å². The van der Waals surface area contributed by atoms with Gasteiger partial charge < -0.3 is 19.7 Å². The molecule has 1 N–H and O–H groups in total. The lowest BCUT2D eigenvalue weighted by atomic mass is 10.2. The minimum atomic E-state index is -0.177. The third-order valence-corrected chi connectivity index (χ3v) is 4.63. The lowest BCUT2D eigenvalue weighted by molar-refractivity contribution is -0.118. The van der Waals surface area contributed by atoms with Gasteiger partial charge in [0.15, 0.2) is 18.1 Å². The molecule has 1 fully saturated rings. The molecule has 5 heteroatoms. The normalized spacial score (nSPS) is 14.3. The van der Waals surface area contributed by atoms with Crippen molar-refractivity contribution in [3.05, 3.63) is 48.5 Å². The number of rotatable bonds is 7. The fourth-order valence-electron chi connectivity index (χ4n) is 3.34. The summed E-state index contributed by atoms with van der Waals surface area (Å²) in [6.07, 6.45) is 4.94. The van der Waals surface area contributed by atoms with E-state index in [2.05, 4.69) is 16.3 Å². The van der Waals surface area contributed by atoms with E-state index in [4.69, 9.17) is 9.47 Å². The van der Waals surface area contributed by atoms with Crippen LogP contribution in [-0.2, 0) is 4.79 Å². The van der Waals surface area contributed by atoms with Crippen molar-refractivity contribution in [2.75, 3.05) is 36.5 Å². The maximum Gasteiger partial charge on any atom is 0.262 e. The highest BCUT2D eigenvalue weighted by Gasteiger charge is 2.15. The third kappa shape index (κ3) is 5.39. The second-order valence-corrected chi connectivity index (χ2v) is 6.64. The van der Waals surface area contributed by atoms with Crippen molar-refractivity contribution in [1.82, 2.24) is 0 Å². The molecule has 0 unspecified atom stereocenters. The molecule has 144 valence electrons. The Bertz CT molecular complexity index is 740. The van der Waals surface area contributed by atoms with Crippen molar-refractivity contribution in [3.63, 3.8) is 0 Å². The average Bonchev–Trinajstić information content (AvgIpc) is 2.97. The van der Waals surface area contributed by atoms with Gasteiger partial charge in [-0.05, 0) is 44.0 Å². The Morgan fingerprint density at radius 3 is 2.26 bits per heavy atom. The van der Waals surface area contributed by atoms with Crippen molar-refractivity contribution in [2.45, 2.75) is 32.6 Å². The first-order valence-corrected chi connectivity index (χ1v) is 9.76. The summed E-state index contributed by atoms with van der Waals surface area (Å²) in [5, 5.41) is 3.00. The van der Waals surface area contributed by atoms with Gasteiger partial charge >= 0.3 is 0 Å². The van der Waals surface area contributed by atoms with Gasteiger partial charge in [-0.1, -0.05) is 37.1 Å². The largest absolute Gasteiger partial charge is 0.490 e. The van der Waals surface area contributed by atoms with Crippen LogP contribution in [-0.4, -0.2) is 32.2 Å². The number of nitrogens with zero attached hydrogens (tertiary/aromatic N) is 1. The third-order valence-electron chi connectivity index (χ3n) is 4.63. The molecule has 1 aliphatic rings. The van der Waals surface area contributed by atoms with Gasteiger partial charge in [-0.25, -0.2) is 0 Å². The maximum atomic E-state index is 12.5. The molecule has 3 rings (SSSR count). The van der Waals surface area contributed by atoms with Gasteiger partial charge in [0, 0.05) is 13.1 Å². The highest BCUT2D eigenvalue weighted by molar-refractivity contribution is 5.95. The molecule has 0 atom stereocenters. The highest BCUT2D eigenvalue weighted by atomic mass is 16.5. The van der Waals surface area contributed by atoms with E-state index in [-0.39, 0.29) is 12.5 Å². The van der Waals surface area contributed by atoms with Crippen LogP contribution in [0.15, 0.2) is 48.5 Å². The van der Waals surface area contributed by atoms with Gasteiger partial charge in [0.1, 0.15) is 0 Å². The first-order valence-electron chi connectivity index (χ1n) is 9.76. The van der Waals surface area contributed by atoms with Gasteiger partial charge in [-0.15, -0.1) is 0 Å². The zero-order valence-electron chi connectivity index (χ0n) is 15.9. The Kier molecular flexibility index (Phi) is 6.97. The molecule has 5 nitrogen and oxygen atoms in total. The SMILES string of the molecule is CCOc1ccccc1OCC(=O)Nc1ccccc1N1CCCCCC1. The van der Waals surface area contributed by atoms with E-state index >= 15 is 0 Å². The summed E-state index contributed by atoms with van der Waals surface area (Å²) < 4.78 is 11.2. The second kappa shape index (κ2) is 9.86. The van der Waals surface area contributed by atoms with Crippen LogP contribution in [0.2, 0.25) is 0 Å². The lowest BCUT2D eigenvalue weighted by Crippen LogP contribution is -2.27. The number of carbonyl (C=O) groups is 1. The van der Waals surface area contributed by atoms with Crippen molar-refractivity contribution >= 4 is 17.3 Å². The number of ether oxygens (including phenoxy) is 2. The summed E-state index contributed by atoms with van der Waals surface area (Å²) in [7, 11) is 0. The van der Waals surface area contributed by atoms with Gasteiger partial charge in [-0.3, -0.25) is 4.79 Å². The lowest BCUT2D eigenvalue weighted by Gasteiger charge is -2.25. The van der Waals surface area contributed by atoms with E-state index in [1.807, 2.05) is 49.4 Å². The smallest absolute Gasteiger partial charge is 0.262 e. The summed E-state index contributed by atoms with van der Waals surface area (Å²) in [5.41, 5.74) is 1.92. The molecule has 1 amide bonds. The van der Waals surface area contributed by atoms with E-state index < -0.39 is 0 Å². The van der Waals surface area contributed by atoms with E-state index in [1.54, 1.807) is 0 Å². The quantitative estimate of drug-likeness (QED) is 0.783. The van der Waals surface area contributed by atoms with Crippen LogP contribution < -0.4 is 19.7 Å². The molecule has 0 aromatic heterocycles. The predicted octanol–water partition coefficient (Wildman–Crippen LogP) is 4.48. The van der Waals surface area contributed by atoms with Crippen molar-refractivity contribution in [3.8, 4) is 11.5 Å². The molecule has 1 aliphatic heterocycles. The number of anilines is 2. The van der Waals surface area contributed by atoms with Gasteiger partial charge in [0.2, 0.25) is 0 Å². The summed E-state index contributed by atoms with van der Waals surface area (Å²) in [5.74, 6) is 1.05. The van der Waals surface area contributed by atoms with E-state index in [0.717, 1.165) is 24.5 Å². The molecule has 0 bridgehead atoms. The van der Waals surface area contributed by atoms with E-state index in [1.165, 1.54) is 25.7 Å². The van der Waals surface area contributed by atoms with Crippen LogP contribution >= 0.6 is 0 Å². The Hall–Kier alpha value is -2.69. The number of benzene rings is 2. The number of amides is 1. The Morgan fingerprint density at radius 2 is 1.56 bits per heavy atom. The summed E-state index contributed by atoms with van der Waals surface area (Å²) >= 11 is 0. The molecule has 2 aromatic rings. The first-order chi connectivity index (χ1) is 13.3. The van der Waals surface area contributed by atoms with Crippen molar-refractivity contribution in [2.24, 2.45) is 0 Å². The minimum Gasteiger partial charge on any atom is -0.490 e. The van der Waals surface area contributed by atoms with Crippen LogP contribution in [0.1, 0.15) is 32.6 Å². The Morgan fingerprint density at radius 1 is 0.926 bits per heavy atom. The number of nitrogens with one attached hydrogen (secondary N) is 1. The molecular weight excluding hydrogens is 340 g/mol. The summed E-state index contributed by atoms with van der Waals surface area (Å²) in [6, 6.07) is 15.4. The minimum absolute atomic E-state index is 0.0571. The van der Waals surface area contributed by atoms with Crippen LogP contribution in [0, 0.1) is 0 Å². The van der Waals surface area contributed by atoms with Gasteiger partial charge in [0.05, 0.1) is 18.0 Å². The Labute approximate surface area is 161 Å². The van der Waals surface area contributed by atoms with Crippen LogP contribution in [0.5, 0.6) is 11.5 Å². The molecule has 0 spiro atoms. The zero-order valence-corrected chi connectivity index (χ0v) is 15.9. The highest BCUT2D eigenvalue weighted by Crippen LogP contribution is 2.29. The standard InChI is InChI=1S/C22H28N2O3/c1-2-26-20-13-7-8-14-21(20)27-17-22(25)23-18-11-5-6-12-19(18)24-15-9-3-4-10-16-24/h5-8,11-14H,2-4,9-10,15-17H2,1H3,(H,23,25). The monoisotopic (exact) mass is 368 g/mol. The molecule has 0 aliphatic carbocycles. The number of hydrogen-bond acceptors (Lipinski definition) is 4.